The lowest BCUT2D eigenvalue weighted by atomic mass is 10.0. The summed E-state index contributed by atoms with van der Waals surface area (Å²) in [5, 5.41) is 3.37. The van der Waals surface area contributed by atoms with Crippen molar-refractivity contribution in [2.45, 2.75) is 32.7 Å². The van der Waals surface area contributed by atoms with Crippen LogP contribution in [0, 0.1) is 5.92 Å². The number of piperazine rings is 1. The van der Waals surface area contributed by atoms with Gasteiger partial charge in [-0.05, 0) is 25.7 Å². The molecule has 0 spiro atoms. The van der Waals surface area contributed by atoms with E-state index < -0.39 is 0 Å². The summed E-state index contributed by atoms with van der Waals surface area (Å²) in [6, 6.07) is 0.680. The van der Waals surface area contributed by atoms with Gasteiger partial charge in [0.1, 0.15) is 0 Å². The lowest BCUT2D eigenvalue weighted by Crippen LogP contribution is -2.56. The molecule has 2 heterocycles. The number of hydrogen-bond donors (Lipinski definition) is 1. The van der Waals surface area contributed by atoms with E-state index in [1.165, 1.54) is 6.42 Å². The fraction of sp³-hybridized carbons (Fsp3) is 0.917. The van der Waals surface area contributed by atoms with Crippen molar-refractivity contribution in [3.8, 4) is 0 Å². The number of urea groups is 1. The molecule has 2 amide bonds. The van der Waals surface area contributed by atoms with Crippen LogP contribution in [-0.4, -0.2) is 54.6 Å². The van der Waals surface area contributed by atoms with E-state index in [1.807, 2.05) is 9.80 Å². The van der Waals surface area contributed by atoms with Gasteiger partial charge in [0.25, 0.3) is 0 Å². The molecule has 0 aliphatic carbocycles. The highest BCUT2D eigenvalue weighted by atomic mass is 16.2. The minimum Gasteiger partial charge on any atom is -0.324 e. The minimum atomic E-state index is 0.250. The first-order chi connectivity index (χ1) is 7.66. The molecule has 2 aliphatic heterocycles. The molecule has 4 nitrogen and oxygen atoms in total. The van der Waals surface area contributed by atoms with Gasteiger partial charge < -0.3 is 15.1 Å². The van der Waals surface area contributed by atoms with Gasteiger partial charge in [-0.15, -0.1) is 0 Å². The van der Waals surface area contributed by atoms with Crippen LogP contribution in [0.15, 0.2) is 0 Å². The van der Waals surface area contributed by atoms with Crippen molar-refractivity contribution in [3.63, 3.8) is 0 Å². The van der Waals surface area contributed by atoms with E-state index >= 15 is 0 Å². The van der Waals surface area contributed by atoms with Crippen molar-refractivity contribution in [2.75, 3.05) is 32.7 Å². The molecule has 0 aromatic rings. The molecule has 2 fully saturated rings. The number of rotatable bonds is 0. The fourth-order valence-electron chi connectivity index (χ4n) is 2.67. The van der Waals surface area contributed by atoms with Crippen molar-refractivity contribution >= 4 is 6.03 Å². The van der Waals surface area contributed by atoms with Gasteiger partial charge >= 0.3 is 6.03 Å². The first-order valence-corrected chi connectivity index (χ1v) is 6.44. The second-order valence-electron chi connectivity index (χ2n) is 5.28. The summed E-state index contributed by atoms with van der Waals surface area (Å²) >= 11 is 0. The van der Waals surface area contributed by atoms with Gasteiger partial charge in [0.2, 0.25) is 0 Å². The third-order valence-electron chi connectivity index (χ3n) is 3.57. The molecule has 2 saturated heterocycles. The topological polar surface area (TPSA) is 35.6 Å². The maximum absolute atomic E-state index is 12.3. The molecule has 16 heavy (non-hydrogen) atoms. The van der Waals surface area contributed by atoms with Crippen LogP contribution in [0.3, 0.4) is 0 Å². The Morgan fingerprint density at radius 3 is 2.62 bits per heavy atom. The molecule has 2 atom stereocenters. The lowest BCUT2D eigenvalue weighted by molar-refractivity contribution is 0.120. The Labute approximate surface area is 98.0 Å². The van der Waals surface area contributed by atoms with Crippen LogP contribution in [0.2, 0.25) is 0 Å². The molecular formula is C12H23N3O. The number of amides is 2. The van der Waals surface area contributed by atoms with E-state index in [0.717, 1.165) is 39.1 Å². The Hall–Kier alpha value is -0.770. The molecule has 4 heteroatoms. The molecule has 0 radical (unpaired) electrons. The molecular weight excluding hydrogens is 202 g/mol. The van der Waals surface area contributed by atoms with Gasteiger partial charge in [-0.2, -0.15) is 0 Å². The molecule has 0 aromatic carbocycles. The zero-order valence-corrected chi connectivity index (χ0v) is 10.4. The van der Waals surface area contributed by atoms with Crippen molar-refractivity contribution in [3.05, 3.63) is 0 Å². The maximum atomic E-state index is 12.3. The van der Waals surface area contributed by atoms with Gasteiger partial charge in [-0.1, -0.05) is 6.92 Å². The number of carbonyl (C=O) groups excluding carboxylic acids is 1. The van der Waals surface area contributed by atoms with Crippen molar-refractivity contribution in [1.82, 2.24) is 15.1 Å². The first-order valence-electron chi connectivity index (χ1n) is 6.44. The van der Waals surface area contributed by atoms with E-state index in [-0.39, 0.29) is 6.03 Å². The van der Waals surface area contributed by atoms with Crippen molar-refractivity contribution in [2.24, 2.45) is 5.92 Å². The standard InChI is InChI=1S/C12H23N3O/c1-10-4-3-6-14(8-10)12(16)15-7-5-13-11(2)9-15/h10-11,13H,3-9H2,1-2H3/t10?,11-/m1/s1. The predicted molar refractivity (Wildman–Crippen MR) is 64.4 cm³/mol. The molecule has 1 unspecified atom stereocenters. The van der Waals surface area contributed by atoms with E-state index in [9.17, 15) is 4.79 Å². The van der Waals surface area contributed by atoms with E-state index in [4.69, 9.17) is 0 Å². The molecule has 0 bridgehead atoms. The maximum Gasteiger partial charge on any atom is 0.320 e. The third-order valence-corrected chi connectivity index (χ3v) is 3.57. The second-order valence-corrected chi connectivity index (χ2v) is 5.28. The summed E-state index contributed by atoms with van der Waals surface area (Å²) in [6.45, 7) is 8.89. The normalized spacial score (nSPS) is 31.6. The average molecular weight is 225 g/mol. The van der Waals surface area contributed by atoms with Crippen LogP contribution in [-0.2, 0) is 0 Å². The number of piperidine rings is 1. The summed E-state index contributed by atoms with van der Waals surface area (Å²) in [5.41, 5.74) is 0. The van der Waals surface area contributed by atoms with E-state index in [2.05, 4.69) is 19.2 Å². The Bertz CT molecular complexity index is 233. The van der Waals surface area contributed by atoms with Gasteiger partial charge in [-0.25, -0.2) is 4.79 Å². The van der Waals surface area contributed by atoms with Gasteiger partial charge in [-0.3, -0.25) is 0 Å². The number of nitrogens with zero attached hydrogens (tertiary/aromatic N) is 2. The highest BCUT2D eigenvalue weighted by molar-refractivity contribution is 5.74. The molecule has 92 valence electrons. The SMILES string of the molecule is CC1CCCN(C(=O)N2CCN[C@H](C)C2)C1. The molecule has 0 aromatic heterocycles. The van der Waals surface area contributed by atoms with Crippen LogP contribution in [0.5, 0.6) is 0 Å². The van der Waals surface area contributed by atoms with Crippen LogP contribution in [0.1, 0.15) is 26.7 Å². The second kappa shape index (κ2) is 5.04. The molecule has 0 saturated carbocycles. The largest absolute Gasteiger partial charge is 0.324 e. The highest BCUT2D eigenvalue weighted by Crippen LogP contribution is 2.17. The monoisotopic (exact) mass is 225 g/mol. The number of nitrogens with one attached hydrogen (secondary N) is 1. The van der Waals surface area contributed by atoms with Crippen molar-refractivity contribution in [1.29, 1.82) is 0 Å². The Morgan fingerprint density at radius 1 is 1.19 bits per heavy atom. The summed E-state index contributed by atoms with van der Waals surface area (Å²) < 4.78 is 0. The smallest absolute Gasteiger partial charge is 0.320 e. The number of likely N-dealkylation sites (tertiary alicyclic amines) is 1. The average Bonchev–Trinajstić information content (AvgIpc) is 2.28. The molecule has 2 aliphatic rings. The summed E-state index contributed by atoms with van der Waals surface area (Å²) in [4.78, 5) is 16.3. The fourth-order valence-corrected chi connectivity index (χ4v) is 2.67. The Balaban J connectivity index is 1.90. The predicted octanol–water partition coefficient (Wildman–Crippen LogP) is 1.13. The van der Waals surface area contributed by atoms with Crippen LogP contribution >= 0.6 is 0 Å². The van der Waals surface area contributed by atoms with Crippen LogP contribution in [0.25, 0.3) is 0 Å². The Morgan fingerprint density at radius 2 is 1.94 bits per heavy atom. The Kier molecular flexibility index (Phi) is 3.69. The van der Waals surface area contributed by atoms with Crippen molar-refractivity contribution < 1.29 is 4.79 Å². The van der Waals surface area contributed by atoms with Gasteiger partial charge in [0, 0.05) is 38.8 Å². The van der Waals surface area contributed by atoms with E-state index in [0.29, 0.717) is 12.0 Å². The lowest BCUT2D eigenvalue weighted by Gasteiger charge is -2.38. The number of carbonyl (C=O) groups is 1. The molecule has 1 N–H and O–H groups in total. The molecule has 2 rings (SSSR count). The zero-order chi connectivity index (χ0) is 11.5. The van der Waals surface area contributed by atoms with E-state index in [1.54, 1.807) is 0 Å². The minimum absolute atomic E-state index is 0.250. The first kappa shape index (κ1) is 11.7. The third kappa shape index (κ3) is 2.67. The van der Waals surface area contributed by atoms with Crippen LogP contribution < -0.4 is 5.32 Å². The quantitative estimate of drug-likeness (QED) is 0.671. The van der Waals surface area contributed by atoms with Gasteiger partial charge in [0.15, 0.2) is 0 Å². The van der Waals surface area contributed by atoms with Gasteiger partial charge in [0.05, 0.1) is 0 Å². The summed E-state index contributed by atoms with van der Waals surface area (Å²) in [7, 11) is 0. The highest BCUT2D eigenvalue weighted by Gasteiger charge is 2.27. The van der Waals surface area contributed by atoms with Crippen LogP contribution in [0.4, 0.5) is 4.79 Å². The number of hydrogen-bond acceptors (Lipinski definition) is 2. The zero-order valence-electron chi connectivity index (χ0n) is 10.4. The summed E-state index contributed by atoms with van der Waals surface area (Å²) in [6.07, 6.45) is 2.43. The summed E-state index contributed by atoms with van der Waals surface area (Å²) in [5.74, 6) is 0.665.